The molecule has 184 valence electrons. The summed E-state index contributed by atoms with van der Waals surface area (Å²) in [6.07, 6.45) is 0. The quantitative estimate of drug-likeness (QED) is 0.290. The number of amides is 1. The van der Waals surface area contributed by atoms with Gasteiger partial charge in [0.05, 0.1) is 5.69 Å². The molecule has 0 radical (unpaired) electrons. The fourth-order valence-corrected chi connectivity index (χ4v) is 4.00. The Morgan fingerprint density at radius 3 is 2.14 bits per heavy atom. The molecule has 0 unspecified atom stereocenters. The van der Waals surface area contributed by atoms with Gasteiger partial charge in [-0.05, 0) is 80.8 Å². The summed E-state index contributed by atoms with van der Waals surface area (Å²) in [5.41, 5.74) is 6.54. The summed E-state index contributed by atoms with van der Waals surface area (Å²) in [5, 5.41) is 7.51. The van der Waals surface area contributed by atoms with Crippen LogP contribution in [0.5, 0.6) is 11.6 Å². The van der Waals surface area contributed by atoms with E-state index in [0.717, 1.165) is 28.1 Å². The molecule has 5 rings (SSSR count). The molecule has 7 heteroatoms. The fraction of sp³-hybridized carbons (Fsp3) is 0.133. The fourth-order valence-electron chi connectivity index (χ4n) is 4.00. The van der Waals surface area contributed by atoms with E-state index in [2.05, 4.69) is 20.4 Å². The third kappa shape index (κ3) is 5.26. The van der Waals surface area contributed by atoms with Crippen LogP contribution in [0.3, 0.4) is 0 Å². The van der Waals surface area contributed by atoms with Crippen molar-refractivity contribution in [2.24, 2.45) is 0 Å². The monoisotopic (exact) mass is 489 g/mol. The van der Waals surface area contributed by atoms with Crippen molar-refractivity contribution in [2.45, 2.75) is 27.7 Å². The summed E-state index contributed by atoms with van der Waals surface area (Å²) in [6.45, 7) is 7.85. The standard InChI is InChI=1S/C30H27N5O2/c1-19-20(2)34-35(21(19)3)28-18-29(32-22(4)31-28)37-27-16-14-26(15-17-27)33-30(36)25-12-10-24(11-13-25)23-8-6-5-7-9-23/h5-18H,1-4H3,(H,33,36). The number of aryl methyl sites for hydroxylation is 2. The minimum Gasteiger partial charge on any atom is -0.439 e. The van der Waals surface area contributed by atoms with Gasteiger partial charge >= 0.3 is 0 Å². The van der Waals surface area contributed by atoms with Crippen LogP contribution in [0.1, 0.15) is 33.1 Å². The summed E-state index contributed by atoms with van der Waals surface area (Å²) in [6, 6.07) is 26.6. The molecule has 1 amide bonds. The zero-order valence-corrected chi connectivity index (χ0v) is 21.2. The van der Waals surface area contributed by atoms with Crippen molar-refractivity contribution in [3.63, 3.8) is 0 Å². The molecule has 0 atom stereocenters. The number of nitrogens with zero attached hydrogens (tertiary/aromatic N) is 4. The number of anilines is 1. The molecule has 0 saturated heterocycles. The predicted octanol–water partition coefficient (Wildman–Crippen LogP) is 6.61. The lowest BCUT2D eigenvalue weighted by Crippen LogP contribution is -2.11. The van der Waals surface area contributed by atoms with Crippen molar-refractivity contribution < 1.29 is 9.53 Å². The molecule has 0 bridgehead atoms. The molecule has 0 aliphatic heterocycles. The molecule has 37 heavy (non-hydrogen) atoms. The Hall–Kier alpha value is -4.78. The maximum Gasteiger partial charge on any atom is 0.255 e. The molecule has 2 heterocycles. The van der Waals surface area contributed by atoms with Gasteiger partial charge in [0.15, 0.2) is 5.82 Å². The van der Waals surface area contributed by atoms with E-state index in [9.17, 15) is 4.79 Å². The van der Waals surface area contributed by atoms with E-state index in [-0.39, 0.29) is 5.91 Å². The highest BCUT2D eigenvalue weighted by Gasteiger charge is 2.13. The molecular weight excluding hydrogens is 462 g/mol. The van der Waals surface area contributed by atoms with Crippen LogP contribution >= 0.6 is 0 Å². The van der Waals surface area contributed by atoms with Crippen LogP contribution in [-0.4, -0.2) is 25.7 Å². The highest BCUT2D eigenvalue weighted by molar-refractivity contribution is 6.04. The van der Waals surface area contributed by atoms with Gasteiger partial charge < -0.3 is 10.1 Å². The van der Waals surface area contributed by atoms with E-state index in [0.29, 0.717) is 34.5 Å². The summed E-state index contributed by atoms with van der Waals surface area (Å²) < 4.78 is 7.80. The van der Waals surface area contributed by atoms with Crippen LogP contribution in [0.25, 0.3) is 16.9 Å². The van der Waals surface area contributed by atoms with Gasteiger partial charge in [0.25, 0.3) is 5.91 Å². The number of carbonyl (C=O) groups is 1. The Morgan fingerprint density at radius 1 is 0.811 bits per heavy atom. The van der Waals surface area contributed by atoms with Crippen molar-refractivity contribution >= 4 is 11.6 Å². The van der Waals surface area contributed by atoms with Crippen LogP contribution in [0.15, 0.2) is 84.9 Å². The number of nitrogens with one attached hydrogen (secondary N) is 1. The first-order chi connectivity index (χ1) is 17.9. The van der Waals surface area contributed by atoms with Gasteiger partial charge in [-0.1, -0.05) is 42.5 Å². The molecule has 0 saturated carbocycles. The third-order valence-corrected chi connectivity index (χ3v) is 6.26. The number of ether oxygens (including phenoxy) is 1. The summed E-state index contributed by atoms with van der Waals surface area (Å²) in [5.74, 6) is 2.07. The molecule has 1 N–H and O–H groups in total. The second-order valence-electron chi connectivity index (χ2n) is 8.84. The zero-order chi connectivity index (χ0) is 25.9. The summed E-state index contributed by atoms with van der Waals surface area (Å²) in [4.78, 5) is 21.7. The number of rotatable bonds is 6. The molecule has 0 aliphatic carbocycles. The Kier molecular flexibility index (Phi) is 6.51. The Bertz CT molecular complexity index is 1560. The van der Waals surface area contributed by atoms with Crippen molar-refractivity contribution in [1.82, 2.24) is 19.7 Å². The van der Waals surface area contributed by atoms with Gasteiger partial charge in [-0.3, -0.25) is 4.79 Å². The first kappa shape index (κ1) is 23.9. The second-order valence-corrected chi connectivity index (χ2v) is 8.84. The van der Waals surface area contributed by atoms with Crippen LogP contribution < -0.4 is 10.1 Å². The molecule has 0 aliphatic rings. The normalized spacial score (nSPS) is 10.8. The van der Waals surface area contributed by atoms with Gasteiger partial charge in [-0.25, -0.2) is 9.67 Å². The molecule has 5 aromatic rings. The lowest BCUT2D eigenvalue weighted by atomic mass is 10.0. The van der Waals surface area contributed by atoms with Gasteiger partial charge in [-0.15, -0.1) is 0 Å². The van der Waals surface area contributed by atoms with Crippen molar-refractivity contribution in [3.05, 3.63) is 113 Å². The lowest BCUT2D eigenvalue weighted by molar-refractivity contribution is 0.102. The minimum absolute atomic E-state index is 0.176. The highest BCUT2D eigenvalue weighted by atomic mass is 16.5. The van der Waals surface area contributed by atoms with Crippen molar-refractivity contribution in [1.29, 1.82) is 0 Å². The molecule has 7 nitrogen and oxygen atoms in total. The summed E-state index contributed by atoms with van der Waals surface area (Å²) >= 11 is 0. The Labute approximate surface area is 215 Å². The first-order valence-corrected chi connectivity index (χ1v) is 12.0. The topological polar surface area (TPSA) is 81.9 Å². The smallest absolute Gasteiger partial charge is 0.255 e. The second kappa shape index (κ2) is 10.1. The minimum atomic E-state index is -0.176. The average Bonchev–Trinajstić information content (AvgIpc) is 3.17. The number of hydrogen-bond acceptors (Lipinski definition) is 5. The van der Waals surface area contributed by atoms with E-state index in [1.807, 2.05) is 82.3 Å². The number of benzene rings is 3. The Morgan fingerprint density at radius 2 is 1.49 bits per heavy atom. The maximum absolute atomic E-state index is 12.7. The molecule has 3 aromatic carbocycles. The number of aromatic nitrogens is 4. The average molecular weight is 490 g/mol. The van der Waals surface area contributed by atoms with Crippen LogP contribution in [0.4, 0.5) is 5.69 Å². The predicted molar refractivity (Wildman–Crippen MR) is 144 cm³/mol. The van der Waals surface area contributed by atoms with Gasteiger partial charge in [-0.2, -0.15) is 10.1 Å². The largest absolute Gasteiger partial charge is 0.439 e. The van der Waals surface area contributed by atoms with Crippen molar-refractivity contribution in [3.8, 4) is 28.6 Å². The van der Waals surface area contributed by atoms with Crippen LogP contribution in [0, 0.1) is 27.7 Å². The molecule has 0 spiro atoms. The van der Waals surface area contributed by atoms with E-state index >= 15 is 0 Å². The highest BCUT2D eigenvalue weighted by Crippen LogP contribution is 2.25. The summed E-state index contributed by atoms with van der Waals surface area (Å²) in [7, 11) is 0. The van der Waals surface area contributed by atoms with Gasteiger partial charge in [0.2, 0.25) is 5.88 Å². The molecule has 2 aromatic heterocycles. The maximum atomic E-state index is 12.7. The van der Waals surface area contributed by atoms with Gasteiger partial charge in [0, 0.05) is 23.0 Å². The Balaban J connectivity index is 1.27. The zero-order valence-electron chi connectivity index (χ0n) is 21.2. The molecular formula is C30H27N5O2. The van der Waals surface area contributed by atoms with Crippen LogP contribution in [0.2, 0.25) is 0 Å². The van der Waals surface area contributed by atoms with Crippen LogP contribution in [-0.2, 0) is 0 Å². The molecule has 0 fully saturated rings. The van der Waals surface area contributed by atoms with E-state index in [4.69, 9.17) is 4.74 Å². The SMILES string of the molecule is Cc1nc(Oc2ccc(NC(=O)c3ccc(-c4ccccc4)cc3)cc2)cc(-n2nc(C)c(C)c2C)n1. The third-order valence-electron chi connectivity index (χ3n) is 6.26. The lowest BCUT2D eigenvalue weighted by Gasteiger charge is -2.10. The van der Waals surface area contributed by atoms with E-state index in [1.165, 1.54) is 0 Å². The van der Waals surface area contributed by atoms with E-state index in [1.54, 1.807) is 35.0 Å². The van der Waals surface area contributed by atoms with Gasteiger partial charge in [0.1, 0.15) is 11.6 Å². The van der Waals surface area contributed by atoms with Crippen molar-refractivity contribution in [2.75, 3.05) is 5.32 Å². The number of carbonyl (C=O) groups excluding carboxylic acids is 1. The first-order valence-electron chi connectivity index (χ1n) is 12.0. The van der Waals surface area contributed by atoms with E-state index < -0.39 is 0 Å². The number of hydrogen-bond donors (Lipinski definition) is 1.